The zero-order valence-electron chi connectivity index (χ0n) is 13.5. The molecule has 0 spiro atoms. The Kier molecular flexibility index (Phi) is 4.24. The molecule has 2 aromatic carbocycles. The van der Waals surface area contributed by atoms with Gasteiger partial charge in [-0.15, -0.1) is 10.2 Å². The monoisotopic (exact) mass is 363 g/mol. The van der Waals surface area contributed by atoms with Crippen LogP contribution in [0, 0.1) is 10.1 Å². The third kappa shape index (κ3) is 3.09. The Hall–Kier alpha value is -3.39. The summed E-state index contributed by atoms with van der Waals surface area (Å²) in [5.41, 5.74) is 2.36. The number of nitrogens with zero attached hydrogens (tertiary/aromatic N) is 4. The first-order valence-electron chi connectivity index (χ1n) is 7.86. The SMILES string of the molecule is O=[N+]([O-])c1ccc(NCc2nnc(-c3ccccc3)s2)c2ncccc12. The fourth-order valence-electron chi connectivity index (χ4n) is 2.65. The van der Waals surface area contributed by atoms with Crippen molar-refractivity contribution in [1.29, 1.82) is 0 Å². The summed E-state index contributed by atoms with van der Waals surface area (Å²) < 4.78 is 0. The van der Waals surface area contributed by atoms with E-state index in [1.54, 1.807) is 24.4 Å². The van der Waals surface area contributed by atoms with Gasteiger partial charge in [-0.1, -0.05) is 41.7 Å². The minimum Gasteiger partial charge on any atom is -0.377 e. The second kappa shape index (κ2) is 6.85. The number of nitro benzene ring substituents is 1. The Balaban J connectivity index is 1.58. The highest BCUT2D eigenvalue weighted by Gasteiger charge is 2.15. The van der Waals surface area contributed by atoms with Crippen LogP contribution in [0.5, 0.6) is 0 Å². The topological polar surface area (TPSA) is 93.8 Å². The van der Waals surface area contributed by atoms with Crippen LogP contribution in [0.25, 0.3) is 21.5 Å². The zero-order chi connectivity index (χ0) is 17.9. The molecule has 4 rings (SSSR count). The number of benzene rings is 2. The van der Waals surface area contributed by atoms with E-state index in [1.807, 2.05) is 30.3 Å². The van der Waals surface area contributed by atoms with E-state index in [2.05, 4.69) is 20.5 Å². The van der Waals surface area contributed by atoms with Gasteiger partial charge in [-0.25, -0.2) is 0 Å². The number of nitrogens with one attached hydrogen (secondary N) is 1. The number of anilines is 1. The van der Waals surface area contributed by atoms with E-state index in [1.165, 1.54) is 17.4 Å². The van der Waals surface area contributed by atoms with Crippen LogP contribution < -0.4 is 5.32 Å². The quantitative estimate of drug-likeness (QED) is 0.420. The second-order valence-corrected chi connectivity index (χ2v) is 6.57. The second-order valence-electron chi connectivity index (χ2n) is 5.51. The molecule has 2 aromatic heterocycles. The molecular formula is C18H13N5O2S. The third-order valence-corrected chi connectivity index (χ3v) is 4.83. The summed E-state index contributed by atoms with van der Waals surface area (Å²) in [6.07, 6.45) is 1.62. The highest BCUT2D eigenvalue weighted by atomic mass is 32.1. The molecule has 0 aliphatic rings. The number of non-ortho nitro benzene ring substituents is 1. The Morgan fingerprint density at radius 1 is 1.04 bits per heavy atom. The number of nitro groups is 1. The lowest BCUT2D eigenvalue weighted by atomic mass is 10.1. The lowest BCUT2D eigenvalue weighted by Crippen LogP contribution is -2.01. The Morgan fingerprint density at radius 3 is 2.69 bits per heavy atom. The molecule has 0 aliphatic heterocycles. The molecule has 0 bridgehead atoms. The predicted molar refractivity (Wildman–Crippen MR) is 101 cm³/mol. The Bertz CT molecular complexity index is 1080. The van der Waals surface area contributed by atoms with E-state index in [-0.39, 0.29) is 5.69 Å². The van der Waals surface area contributed by atoms with Crippen molar-refractivity contribution in [2.24, 2.45) is 0 Å². The van der Waals surface area contributed by atoms with Crippen molar-refractivity contribution < 1.29 is 4.92 Å². The van der Waals surface area contributed by atoms with Crippen molar-refractivity contribution >= 4 is 33.6 Å². The van der Waals surface area contributed by atoms with Gasteiger partial charge >= 0.3 is 0 Å². The average Bonchev–Trinajstić information content (AvgIpc) is 3.15. The fourth-order valence-corrected chi connectivity index (χ4v) is 3.44. The largest absolute Gasteiger partial charge is 0.377 e. The van der Waals surface area contributed by atoms with Gasteiger partial charge < -0.3 is 5.32 Å². The number of rotatable bonds is 5. The number of pyridine rings is 1. The van der Waals surface area contributed by atoms with Gasteiger partial charge in [0.1, 0.15) is 15.5 Å². The van der Waals surface area contributed by atoms with Crippen molar-refractivity contribution in [2.45, 2.75) is 6.54 Å². The van der Waals surface area contributed by atoms with E-state index in [9.17, 15) is 10.1 Å². The summed E-state index contributed by atoms with van der Waals surface area (Å²) in [6.45, 7) is 0.466. The van der Waals surface area contributed by atoms with Crippen LogP contribution in [-0.4, -0.2) is 20.1 Å². The van der Waals surface area contributed by atoms with Crippen LogP contribution in [0.15, 0.2) is 60.8 Å². The van der Waals surface area contributed by atoms with Crippen LogP contribution in [0.2, 0.25) is 0 Å². The first-order chi connectivity index (χ1) is 12.7. The molecule has 0 unspecified atom stereocenters. The summed E-state index contributed by atoms with van der Waals surface area (Å²) in [7, 11) is 0. The highest BCUT2D eigenvalue weighted by Crippen LogP contribution is 2.30. The van der Waals surface area contributed by atoms with Gasteiger partial charge in [-0.05, 0) is 18.2 Å². The molecule has 0 amide bonds. The average molecular weight is 363 g/mol. The van der Waals surface area contributed by atoms with Crippen molar-refractivity contribution in [2.75, 3.05) is 5.32 Å². The molecule has 0 fully saturated rings. The van der Waals surface area contributed by atoms with Gasteiger partial charge in [0.2, 0.25) is 0 Å². The first-order valence-corrected chi connectivity index (χ1v) is 8.68. The first kappa shape index (κ1) is 16.1. The molecule has 8 heteroatoms. The lowest BCUT2D eigenvalue weighted by molar-refractivity contribution is -0.383. The molecular weight excluding hydrogens is 350 g/mol. The van der Waals surface area contributed by atoms with E-state index < -0.39 is 4.92 Å². The molecule has 0 saturated heterocycles. The number of hydrogen-bond acceptors (Lipinski definition) is 7. The number of hydrogen-bond donors (Lipinski definition) is 1. The lowest BCUT2D eigenvalue weighted by Gasteiger charge is -2.07. The van der Waals surface area contributed by atoms with Gasteiger partial charge in [0.25, 0.3) is 5.69 Å². The van der Waals surface area contributed by atoms with Crippen LogP contribution in [0.3, 0.4) is 0 Å². The molecule has 128 valence electrons. The van der Waals surface area contributed by atoms with Crippen molar-refractivity contribution in [3.05, 3.63) is 75.9 Å². The van der Waals surface area contributed by atoms with Gasteiger partial charge in [0.05, 0.1) is 22.5 Å². The predicted octanol–water partition coefficient (Wildman–Crippen LogP) is 4.27. The maximum Gasteiger partial charge on any atom is 0.278 e. The smallest absolute Gasteiger partial charge is 0.278 e. The standard InChI is InChI=1S/C18H13N5O2S/c24-23(25)15-9-8-14(17-13(15)7-4-10-19-17)20-11-16-21-22-18(26-16)12-5-2-1-3-6-12/h1-10,20H,11H2. The molecule has 0 aliphatic carbocycles. The molecule has 0 atom stereocenters. The fraction of sp³-hybridized carbons (Fsp3) is 0.0556. The zero-order valence-corrected chi connectivity index (χ0v) is 14.3. The maximum absolute atomic E-state index is 11.2. The molecule has 0 radical (unpaired) electrons. The van der Waals surface area contributed by atoms with Crippen molar-refractivity contribution in [1.82, 2.24) is 15.2 Å². The summed E-state index contributed by atoms with van der Waals surface area (Å²) in [5, 5.41) is 25.1. The summed E-state index contributed by atoms with van der Waals surface area (Å²) in [6, 6.07) is 16.4. The highest BCUT2D eigenvalue weighted by molar-refractivity contribution is 7.14. The molecule has 26 heavy (non-hydrogen) atoms. The van der Waals surface area contributed by atoms with Gasteiger partial charge in [-0.2, -0.15) is 0 Å². The third-order valence-electron chi connectivity index (χ3n) is 3.86. The summed E-state index contributed by atoms with van der Waals surface area (Å²) in [4.78, 5) is 15.1. The van der Waals surface area contributed by atoms with Crippen molar-refractivity contribution in [3.8, 4) is 10.6 Å². The van der Waals surface area contributed by atoms with Crippen LogP contribution in [0.1, 0.15) is 5.01 Å². The van der Waals surface area contributed by atoms with E-state index in [0.717, 1.165) is 21.3 Å². The Morgan fingerprint density at radius 2 is 1.88 bits per heavy atom. The van der Waals surface area contributed by atoms with Crippen LogP contribution >= 0.6 is 11.3 Å². The van der Waals surface area contributed by atoms with Gasteiger partial charge in [0.15, 0.2) is 0 Å². The molecule has 4 aromatic rings. The molecule has 0 saturated carbocycles. The minimum absolute atomic E-state index is 0.0425. The molecule has 7 nitrogen and oxygen atoms in total. The molecule has 2 heterocycles. The van der Waals surface area contributed by atoms with Crippen molar-refractivity contribution in [3.63, 3.8) is 0 Å². The number of aromatic nitrogens is 3. The summed E-state index contributed by atoms with van der Waals surface area (Å²) in [5.74, 6) is 0. The number of fused-ring (bicyclic) bond motifs is 1. The summed E-state index contributed by atoms with van der Waals surface area (Å²) >= 11 is 1.51. The van der Waals surface area contributed by atoms with Gasteiger partial charge in [-0.3, -0.25) is 15.1 Å². The minimum atomic E-state index is -0.398. The van der Waals surface area contributed by atoms with E-state index >= 15 is 0 Å². The van der Waals surface area contributed by atoms with E-state index in [0.29, 0.717) is 17.4 Å². The van der Waals surface area contributed by atoms with Gasteiger partial charge in [0, 0.05) is 17.8 Å². The van der Waals surface area contributed by atoms with Crippen LogP contribution in [-0.2, 0) is 6.54 Å². The Labute approximate surface area is 152 Å². The molecule has 1 N–H and O–H groups in total. The maximum atomic E-state index is 11.2. The van der Waals surface area contributed by atoms with E-state index in [4.69, 9.17) is 0 Å². The van der Waals surface area contributed by atoms with Crippen LogP contribution in [0.4, 0.5) is 11.4 Å². The normalized spacial score (nSPS) is 10.8.